The molecule has 0 unspecified atom stereocenters. The van der Waals surface area contributed by atoms with Crippen LogP contribution < -0.4 is 20.1 Å². The van der Waals surface area contributed by atoms with Gasteiger partial charge in [0.25, 0.3) is 0 Å². The number of aliphatic imine (C=N–C) groups is 1. The summed E-state index contributed by atoms with van der Waals surface area (Å²) >= 11 is 0. The van der Waals surface area contributed by atoms with Gasteiger partial charge < -0.3 is 20.1 Å². The van der Waals surface area contributed by atoms with Gasteiger partial charge in [0.15, 0.2) is 5.96 Å². The monoisotopic (exact) mass is 456 g/mol. The quantitative estimate of drug-likeness (QED) is 0.398. The molecule has 1 aromatic heterocycles. The lowest BCUT2D eigenvalue weighted by atomic mass is 10.2. The van der Waals surface area contributed by atoms with Gasteiger partial charge in [-0.25, -0.2) is 0 Å². The summed E-state index contributed by atoms with van der Waals surface area (Å²) in [6, 6.07) is 9.72. The van der Waals surface area contributed by atoms with Crippen LogP contribution in [0.1, 0.15) is 16.8 Å². The number of pyridine rings is 1. The number of halogens is 1. The molecule has 0 saturated heterocycles. The maximum atomic E-state index is 5.41. The molecule has 1 aromatic carbocycles. The molecule has 6 nitrogen and oxygen atoms in total. The van der Waals surface area contributed by atoms with Gasteiger partial charge in [-0.1, -0.05) is 6.07 Å². The first-order chi connectivity index (χ1) is 11.7. The third-order valence-corrected chi connectivity index (χ3v) is 3.71. The van der Waals surface area contributed by atoms with E-state index in [-0.39, 0.29) is 24.0 Å². The average molecular weight is 456 g/mol. The van der Waals surface area contributed by atoms with Gasteiger partial charge in [0.05, 0.1) is 26.5 Å². The Balaban J connectivity index is 0.00000312. The van der Waals surface area contributed by atoms with E-state index in [1.54, 1.807) is 27.5 Å². The minimum absolute atomic E-state index is 0. The van der Waals surface area contributed by atoms with Crippen molar-refractivity contribution in [1.29, 1.82) is 0 Å². The molecule has 2 rings (SSSR count). The zero-order valence-electron chi connectivity index (χ0n) is 15.0. The number of aromatic nitrogens is 1. The zero-order valence-corrected chi connectivity index (χ0v) is 17.3. The first-order valence-corrected chi connectivity index (χ1v) is 7.73. The van der Waals surface area contributed by atoms with Crippen LogP contribution in [0.3, 0.4) is 0 Å². The van der Waals surface area contributed by atoms with Crippen molar-refractivity contribution >= 4 is 29.9 Å². The zero-order chi connectivity index (χ0) is 17.4. The molecule has 136 valence electrons. The van der Waals surface area contributed by atoms with Gasteiger partial charge in [0.1, 0.15) is 11.5 Å². The van der Waals surface area contributed by atoms with Gasteiger partial charge in [0, 0.05) is 31.4 Å². The van der Waals surface area contributed by atoms with Gasteiger partial charge in [-0.2, -0.15) is 0 Å². The number of nitrogens with zero attached hydrogens (tertiary/aromatic N) is 2. The fourth-order valence-corrected chi connectivity index (χ4v) is 2.27. The average Bonchev–Trinajstić information content (AvgIpc) is 2.63. The van der Waals surface area contributed by atoms with Crippen LogP contribution in [-0.4, -0.2) is 32.2 Å². The molecular weight excluding hydrogens is 431 g/mol. The van der Waals surface area contributed by atoms with Gasteiger partial charge in [0.2, 0.25) is 0 Å². The third-order valence-electron chi connectivity index (χ3n) is 3.71. The van der Waals surface area contributed by atoms with Gasteiger partial charge >= 0.3 is 0 Å². The fraction of sp³-hybridized carbons (Fsp3) is 0.333. The molecule has 2 aromatic rings. The highest BCUT2D eigenvalue weighted by molar-refractivity contribution is 14.0. The Labute approximate surface area is 166 Å². The molecule has 0 amide bonds. The smallest absolute Gasteiger partial charge is 0.191 e. The summed E-state index contributed by atoms with van der Waals surface area (Å²) in [6.45, 7) is 3.25. The maximum Gasteiger partial charge on any atom is 0.191 e. The van der Waals surface area contributed by atoms with Crippen LogP contribution in [0, 0.1) is 6.92 Å². The number of nitrogens with one attached hydrogen (secondary N) is 2. The fourth-order valence-electron chi connectivity index (χ4n) is 2.27. The number of hydrogen-bond acceptors (Lipinski definition) is 4. The second-order valence-electron chi connectivity index (χ2n) is 5.22. The molecule has 25 heavy (non-hydrogen) atoms. The summed E-state index contributed by atoms with van der Waals surface area (Å²) < 4.78 is 10.6. The molecule has 0 fully saturated rings. The van der Waals surface area contributed by atoms with E-state index >= 15 is 0 Å². The van der Waals surface area contributed by atoms with E-state index in [2.05, 4.69) is 20.6 Å². The number of ether oxygens (including phenoxy) is 2. The van der Waals surface area contributed by atoms with E-state index in [0.29, 0.717) is 19.0 Å². The Hall–Kier alpha value is -2.03. The predicted octanol–water partition coefficient (Wildman–Crippen LogP) is 2.89. The van der Waals surface area contributed by atoms with Crippen LogP contribution in [0.15, 0.2) is 41.5 Å². The first-order valence-electron chi connectivity index (χ1n) is 7.73. The molecular formula is C18H25IN4O2. The number of guanidine groups is 1. The molecule has 0 radical (unpaired) electrons. The Kier molecular flexibility index (Phi) is 9.04. The number of rotatable bonds is 6. The highest BCUT2D eigenvalue weighted by Crippen LogP contribution is 2.24. The summed E-state index contributed by atoms with van der Waals surface area (Å²) in [5, 5.41) is 6.55. The molecule has 2 N–H and O–H groups in total. The van der Waals surface area contributed by atoms with Gasteiger partial charge in [-0.05, 0) is 30.7 Å². The summed E-state index contributed by atoms with van der Waals surface area (Å²) in [6.07, 6.45) is 1.79. The van der Waals surface area contributed by atoms with Crippen molar-refractivity contribution in [2.45, 2.75) is 20.0 Å². The predicted molar refractivity (Wildman–Crippen MR) is 111 cm³/mol. The molecule has 0 bridgehead atoms. The Bertz CT molecular complexity index is 707. The molecule has 1 heterocycles. The number of methoxy groups -OCH3 is 2. The van der Waals surface area contributed by atoms with Crippen LogP contribution in [0.25, 0.3) is 0 Å². The lowest BCUT2D eigenvalue weighted by Crippen LogP contribution is -2.36. The SMILES string of the molecule is CN=C(NCc1ccc(OC)cc1OC)NCc1ncccc1C.I. The maximum absolute atomic E-state index is 5.41. The van der Waals surface area contributed by atoms with E-state index < -0.39 is 0 Å². The molecule has 7 heteroatoms. The Morgan fingerprint density at radius 2 is 1.88 bits per heavy atom. The molecule has 0 saturated carbocycles. The minimum atomic E-state index is 0. The molecule has 0 aliphatic carbocycles. The highest BCUT2D eigenvalue weighted by Gasteiger charge is 2.07. The highest BCUT2D eigenvalue weighted by atomic mass is 127. The standard InChI is InChI=1S/C18H24N4O2.HI/c1-13-6-5-9-20-16(13)12-22-18(19-2)21-11-14-7-8-15(23-3)10-17(14)24-4;/h5-10H,11-12H2,1-4H3,(H2,19,21,22);1H. The second kappa shape index (κ2) is 10.8. The number of benzene rings is 1. The van der Waals surface area contributed by atoms with Crippen LogP contribution in [0.5, 0.6) is 11.5 Å². The molecule has 0 spiro atoms. The van der Waals surface area contributed by atoms with Crippen molar-refractivity contribution in [2.24, 2.45) is 4.99 Å². The van der Waals surface area contributed by atoms with E-state index in [1.165, 1.54) is 0 Å². The Morgan fingerprint density at radius 3 is 2.52 bits per heavy atom. The van der Waals surface area contributed by atoms with Crippen LogP contribution in [0.2, 0.25) is 0 Å². The van der Waals surface area contributed by atoms with E-state index in [1.807, 2.05) is 37.3 Å². The molecule has 0 atom stereocenters. The van der Waals surface area contributed by atoms with E-state index in [0.717, 1.165) is 28.3 Å². The van der Waals surface area contributed by atoms with Crippen molar-refractivity contribution in [1.82, 2.24) is 15.6 Å². The van der Waals surface area contributed by atoms with E-state index in [4.69, 9.17) is 9.47 Å². The van der Waals surface area contributed by atoms with Crippen molar-refractivity contribution in [3.8, 4) is 11.5 Å². The summed E-state index contributed by atoms with van der Waals surface area (Å²) in [5.41, 5.74) is 3.18. The summed E-state index contributed by atoms with van der Waals surface area (Å²) in [4.78, 5) is 8.61. The van der Waals surface area contributed by atoms with Gasteiger partial charge in [-0.15, -0.1) is 24.0 Å². The first kappa shape index (κ1) is 21.0. The molecule has 0 aliphatic rings. The van der Waals surface area contributed by atoms with Crippen molar-refractivity contribution < 1.29 is 9.47 Å². The van der Waals surface area contributed by atoms with Crippen LogP contribution in [-0.2, 0) is 13.1 Å². The second-order valence-corrected chi connectivity index (χ2v) is 5.22. The van der Waals surface area contributed by atoms with E-state index in [9.17, 15) is 0 Å². The largest absolute Gasteiger partial charge is 0.497 e. The van der Waals surface area contributed by atoms with Crippen LogP contribution >= 0.6 is 24.0 Å². The summed E-state index contributed by atoms with van der Waals surface area (Å²) in [7, 11) is 5.03. The number of aryl methyl sites for hydroxylation is 1. The van der Waals surface area contributed by atoms with Crippen molar-refractivity contribution in [3.05, 3.63) is 53.3 Å². The van der Waals surface area contributed by atoms with Crippen LogP contribution in [0.4, 0.5) is 0 Å². The molecule has 0 aliphatic heterocycles. The van der Waals surface area contributed by atoms with Crippen molar-refractivity contribution in [3.63, 3.8) is 0 Å². The lowest BCUT2D eigenvalue weighted by Gasteiger charge is -2.14. The minimum Gasteiger partial charge on any atom is -0.497 e. The number of hydrogen-bond donors (Lipinski definition) is 2. The van der Waals surface area contributed by atoms with Crippen molar-refractivity contribution in [2.75, 3.05) is 21.3 Å². The lowest BCUT2D eigenvalue weighted by molar-refractivity contribution is 0.390. The summed E-state index contributed by atoms with van der Waals surface area (Å²) in [5.74, 6) is 2.25. The normalized spacial score (nSPS) is 10.6. The third kappa shape index (κ3) is 6.08. The topological polar surface area (TPSA) is 67.8 Å². The Morgan fingerprint density at radius 1 is 1.12 bits per heavy atom. The van der Waals surface area contributed by atoms with Gasteiger partial charge in [-0.3, -0.25) is 9.98 Å².